The van der Waals surface area contributed by atoms with Crippen LogP contribution < -0.4 is 5.73 Å². The molecular weight excluding hydrogens is 228 g/mol. The Morgan fingerprint density at radius 1 is 1.47 bits per heavy atom. The topological polar surface area (TPSA) is 52.3 Å². The summed E-state index contributed by atoms with van der Waals surface area (Å²) in [6.07, 6.45) is 1.13. The average molecular weight is 241 g/mol. The van der Waals surface area contributed by atoms with Gasteiger partial charge < -0.3 is 10.5 Å². The zero-order chi connectivity index (χ0) is 12.6. The Kier molecular flexibility index (Phi) is 2.87. The second-order valence-corrected chi connectivity index (χ2v) is 4.29. The molecule has 0 saturated heterocycles. The first-order chi connectivity index (χ1) is 8.01. The molecule has 0 amide bonds. The summed E-state index contributed by atoms with van der Waals surface area (Å²) in [4.78, 5) is 11.6. The summed E-state index contributed by atoms with van der Waals surface area (Å²) in [6.45, 7) is 0. The van der Waals surface area contributed by atoms with Gasteiger partial charge in [0.1, 0.15) is 11.6 Å². The van der Waals surface area contributed by atoms with Gasteiger partial charge in [0, 0.05) is 17.7 Å². The molecule has 1 saturated carbocycles. The van der Waals surface area contributed by atoms with Gasteiger partial charge in [-0.1, -0.05) is 6.07 Å². The average Bonchev–Trinajstić information content (AvgIpc) is 3.08. The highest BCUT2D eigenvalue weighted by molar-refractivity contribution is 5.81. The number of halogens is 2. The van der Waals surface area contributed by atoms with Crippen molar-refractivity contribution in [3.8, 4) is 0 Å². The molecule has 92 valence electrons. The van der Waals surface area contributed by atoms with Crippen LogP contribution in [0, 0.1) is 17.0 Å². The number of hydrogen-bond donors (Lipinski definition) is 1. The van der Waals surface area contributed by atoms with E-state index in [1.165, 1.54) is 13.2 Å². The van der Waals surface area contributed by atoms with Gasteiger partial charge in [0.05, 0.1) is 12.5 Å². The molecule has 17 heavy (non-hydrogen) atoms. The van der Waals surface area contributed by atoms with Crippen molar-refractivity contribution in [1.29, 1.82) is 0 Å². The molecule has 0 heterocycles. The Morgan fingerprint density at radius 3 is 2.59 bits per heavy atom. The van der Waals surface area contributed by atoms with Gasteiger partial charge in [-0.05, 0) is 18.9 Å². The first kappa shape index (κ1) is 12.0. The van der Waals surface area contributed by atoms with Gasteiger partial charge >= 0.3 is 5.97 Å². The van der Waals surface area contributed by atoms with Crippen LogP contribution in [0.1, 0.15) is 24.4 Å². The summed E-state index contributed by atoms with van der Waals surface area (Å²) in [7, 11) is 1.27. The lowest BCUT2D eigenvalue weighted by Gasteiger charge is -2.21. The van der Waals surface area contributed by atoms with Crippen molar-refractivity contribution in [2.24, 2.45) is 11.1 Å². The lowest BCUT2D eigenvalue weighted by Crippen LogP contribution is -2.31. The molecule has 1 atom stereocenters. The van der Waals surface area contributed by atoms with Crippen molar-refractivity contribution in [1.82, 2.24) is 0 Å². The third-order valence-electron chi connectivity index (χ3n) is 3.27. The van der Waals surface area contributed by atoms with Crippen LogP contribution >= 0.6 is 0 Å². The van der Waals surface area contributed by atoms with E-state index in [-0.39, 0.29) is 5.56 Å². The van der Waals surface area contributed by atoms with Crippen molar-refractivity contribution in [2.45, 2.75) is 18.9 Å². The van der Waals surface area contributed by atoms with E-state index < -0.39 is 29.1 Å². The lowest BCUT2D eigenvalue weighted by molar-refractivity contribution is -0.148. The minimum absolute atomic E-state index is 0.148. The Balaban J connectivity index is 2.31. The fourth-order valence-corrected chi connectivity index (χ4v) is 2.03. The third kappa shape index (κ3) is 1.91. The number of nitrogens with two attached hydrogens (primary N) is 1. The normalized spacial score (nSPS) is 18.6. The molecule has 1 aromatic carbocycles. The van der Waals surface area contributed by atoms with Crippen LogP contribution in [0.5, 0.6) is 0 Å². The van der Waals surface area contributed by atoms with Gasteiger partial charge in [-0.2, -0.15) is 0 Å². The number of carbonyl (C=O) groups excluding carboxylic acids is 1. The van der Waals surface area contributed by atoms with Crippen LogP contribution in [0.3, 0.4) is 0 Å². The van der Waals surface area contributed by atoms with Crippen LogP contribution in [0.25, 0.3) is 0 Å². The minimum atomic E-state index is -0.840. The number of benzene rings is 1. The number of carbonyl (C=O) groups is 1. The molecule has 0 radical (unpaired) electrons. The van der Waals surface area contributed by atoms with Crippen LogP contribution in [0.15, 0.2) is 18.2 Å². The van der Waals surface area contributed by atoms with E-state index in [2.05, 4.69) is 4.74 Å². The molecular formula is C12H13F2NO2. The first-order valence-corrected chi connectivity index (χ1v) is 5.30. The van der Waals surface area contributed by atoms with E-state index in [0.29, 0.717) is 12.8 Å². The summed E-state index contributed by atoms with van der Waals surface area (Å²) >= 11 is 0. The second-order valence-electron chi connectivity index (χ2n) is 4.29. The lowest BCUT2D eigenvalue weighted by atomic mass is 9.90. The number of esters is 1. The number of hydrogen-bond acceptors (Lipinski definition) is 3. The number of rotatable bonds is 3. The van der Waals surface area contributed by atoms with Crippen molar-refractivity contribution >= 4 is 5.97 Å². The van der Waals surface area contributed by atoms with E-state index >= 15 is 0 Å². The van der Waals surface area contributed by atoms with Gasteiger partial charge in [0.25, 0.3) is 0 Å². The fraction of sp³-hybridized carbons (Fsp3) is 0.417. The van der Waals surface area contributed by atoms with Crippen LogP contribution in [-0.4, -0.2) is 13.1 Å². The summed E-state index contributed by atoms with van der Waals surface area (Å²) in [5, 5.41) is 0. The summed E-state index contributed by atoms with van der Waals surface area (Å²) in [6, 6.07) is 2.38. The molecule has 1 unspecified atom stereocenters. The second kappa shape index (κ2) is 4.07. The predicted molar refractivity (Wildman–Crippen MR) is 57.0 cm³/mol. The standard InChI is InChI=1S/C12H13F2NO2/c1-17-11(16)12(4-5-12)10(15)8-3-2-7(13)6-9(8)14/h2-3,6,10H,4-5,15H2,1H3. The van der Waals surface area contributed by atoms with E-state index in [9.17, 15) is 13.6 Å². The van der Waals surface area contributed by atoms with Crippen LogP contribution in [-0.2, 0) is 9.53 Å². The molecule has 2 N–H and O–H groups in total. The number of methoxy groups -OCH3 is 1. The highest BCUT2D eigenvalue weighted by Crippen LogP contribution is 2.55. The number of ether oxygens (including phenoxy) is 1. The summed E-state index contributed by atoms with van der Waals surface area (Å²) in [5.74, 6) is -1.83. The Hall–Kier alpha value is -1.49. The molecule has 0 aromatic heterocycles. The van der Waals surface area contributed by atoms with Crippen molar-refractivity contribution in [3.05, 3.63) is 35.4 Å². The van der Waals surface area contributed by atoms with Gasteiger partial charge in [-0.3, -0.25) is 4.79 Å². The van der Waals surface area contributed by atoms with E-state index in [1.54, 1.807) is 0 Å². The van der Waals surface area contributed by atoms with E-state index in [4.69, 9.17) is 5.73 Å². The predicted octanol–water partition coefficient (Wildman–Crippen LogP) is 1.92. The van der Waals surface area contributed by atoms with Crippen molar-refractivity contribution < 1.29 is 18.3 Å². The van der Waals surface area contributed by atoms with E-state index in [1.807, 2.05) is 0 Å². The Morgan fingerprint density at radius 2 is 2.12 bits per heavy atom. The molecule has 0 bridgehead atoms. The molecule has 0 spiro atoms. The molecule has 2 rings (SSSR count). The van der Waals surface area contributed by atoms with Gasteiger partial charge in [0.2, 0.25) is 0 Å². The quantitative estimate of drug-likeness (QED) is 0.822. The molecule has 3 nitrogen and oxygen atoms in total. The molecule has 1 fully saturated rings. The van der Waals surface area contributed by atoms with Gasteiger partial charge in [-0.25, -0.2) is 8.78 Å². The Bertz CT molecular complexity index is 458. The summed E-state index contributed by atoms with van der Waals surface area (Å²) < 4.78 is 31.0. The van der Waals surface area contributed by atoms with Crippen LogP contribution in [0.4, 0.5) is 8.78 Å². The minimum Gasteiger partial charge on any atom is -0.469 e. The highest BCUT2D eigenvalue weighted by atomic mass is 19.1. The smallest absolute Gasteiger partial charge is 0.313 e. The Labute approximate surface area is 97.6 Å². The SMILES string of the molecule is COC(=O)C1(C(N)c2ccc(F)cc2F)CC1. The van der Waals surface area contributed by atoms with Crippen LogP contribution in [0.2, 0.25) is 0 Å². The molecule has 5 heteroatoms. The molecule has 0 aliphatic heterocycles. The maximum atomic E-state index is 13.6. The zero-order valence-electron chi connectivity index (χ0n) is 9.37. The van der Waals surface area contributed by atoms with E-state index in [0.717, 1.165) is 12.1 Å². The maximum absolute atomic E-state index is 13.6. The van der Waals surface area contributed by atoms with Gasteiger partial charge in [-0.15, -0.1) is 0 Å². The van der Waals surface area contributed by atoms with Gasteiger partial charge in [0.15, 0.2) is 0 Å². The third-order valence-corrected chi connectivity index (χ3v) is 3.27. The fourth-order valence-electron chi connectivity index (χ4n) is 2.03. The molecule has 1 aliphatic rings. The molecule has 1 aliphatic carbocycles. The zero-order valence-corrected chi connectivity index (χ0v) is 9.37. The van der Waals surface area contributed by atoms with Crippen molar-refractivity contribution in [2.75, 3.05) is 7.11 Å². The first-order valence-electron chi connectivity index (χ1n) is 5.30. The van der Waals surface area contributed by atoms with Crippen molar-refractivity contribution in [3.63, 3.8) is 0 Å². The largest absolute Gasteiger partial charge is 0.469 e. The monoisotopic (exact) mass is 241 g/mol. The maximum Gasteiger partial charge on any atom is 0.313 e. The highest BCUT2D eigenvalue weighted by Gasteiger charge is 2.56. The molecule has 1 aromatic rings. The summed E-state index contributed by atoms with van der Waals surface area (Å²) in [5.41, 5.74) is 5.21.